The Balaban J connectivity index is 3.69. The summed E-state index contributed by atoms with van der Waals surface area (Å²) in [5.74, 6) is -1.02. The van der Waals surface area contributed by atoms with Crippen LogP contribution in [-0.2, 0) is 9.59 Å². The average Bonchev–Trinajstić information content (AvgIpc) is 1.97. The lowest BCUT2D eigenvalue weighted by molar-refractivity contribution is -0.140. The highest BCUT2D eigenvalue weighted by atomic mass is 16.4. The molecule has 64 valence electrons. The fraction of sp³-hybridized carbons (Fsp3) is 0.667. The SMILES string of the molecule is NCCCC(NC=O)C(=O)O. The number of carboxylic acids is 1. The molecule has 0 spiro atoms. The van der Waals surface area contributed by atoms with E-state index in [-0.39, 0.29) is 0 Å². The van der Waals surface area contributed by atoms with Crippen molar-refractivity contribution < 1.29 is 14.7 Å². The number of carbonyl (C=O) groups is 2. The molecule has 0 aliphatic carbocycles. The molecule has 0 heterocycles. The zero-order valence-electron chi connectivity index (χ0n) is 6.12. The van der Waals surface area contributed by atoms with Gasteiger partial charge in [0.05, 0.1) is 0 Å². The number of carboxylic acid groups (broad SMARTS) is 1. The Labute approximate surface area is 64.6 Å². The van der Waals surface area contributed by atoms with Crippen LogP contribution in [0.15, 0.2) is 0 Å². The summed E-state index contributed by atoms with van der Waals surface area (Å²) in [6.07, 6.45) is 1.36. The Hall–Kier alpha value is -1.10. The molecule has 0 radical (unpaired) electrons. The van der Waals surface area contributed by atoms with Crippen molar-refractivity contribution in [3.8, 4) is 0 Å². The smallest absolute Gasteiger partial charge is 0.326 e. The van der Waals surface area contributed by atoms with Crippen LogP contribution in [0, 0.1) is 0 Å². The van der Waals surface area contributed by atoms with Crippen molar-refractivity contribution in [1.82, 2.24) is 5.32 Å². The van der Waals surface area contributed by atoms with E-state index in [1.54, 1.807) is 0 Å². The number of rotatable bonds is 6. The topological polar surface area (TPSA) is 92.4 Å². The summed E-state index contributed by atoms with van der Waals surface area (Å²) in [6, 6.07) is -0.795. The van der Waals surface area contributed by atoms with Gasteiger partial charge in [-0.3, -0.25) is 4.79 Å². The minimum Gasteiger partial charge on any atom is -0.480 e. The van der Waals surface area contributed by atoms with Crippen LogP contribution in [0.2, 0.25) is 0 Å². The minimum absolute atomic E-state index is 0.380. The summed E-state index contributed by atoms with van der Waals surface area (Å²) in [6.45, 7) is 0.435. The summed E-state index contributed by atoms with van der Waals surface area (Å²) in [5.41, 5.74) is 5.16. The van der Waals surface area contributed by atoms with E-state index >= 15 is 0 Å². The number of hydrogen-bond acceptors (Lipinski definition) is 3. The van der Waals surface area contributed by atoms with Gasteiger partial charge in [0, 0.05) is 0 Å². The van der Waals surface area contributed by atoms with E-state index < -0.39 is 12.0 Å². The van der Waals surface area contributed by atoms with Crippen LogP contribution in [0.25, 0.3) is 0 Å². The molecule has 0 aliphatic heterocycles. The van der Waals surface area contributed by atoms with E-state index in [1.807, 2.05) is 0 Å². The molecule has 0 aromatic rings. The molecule has 4 N–H and O–H groups in total. The largest absolute Gasteiger partial charge is 0.480 e. The van der Waals surface area contributed by atoms with Gasteiger partial charge < -0.3 is 16.2 Å². The summed E-state index contributed by atoms with van der Waals surface area (Å²) >= 11 is 0. The lowest BCUT2D eigenvalue weighted by Gasteiger charge is -2.08. The van der Waals surface area contributed by atoms with Gasteiger partial charge in [0.25, 0.3) is 0 Å². The molecule has 0 saturated heterocycles. The Morgan fingerprint density at radius 1 is 1.73 bits per heavy atom. The van der Waals surface area contributed by atoms with Gasteiger partial charge in [0.15, 0.2) is 0 Å². The van der Waals surface area contributed by atoms with Crippen molar-refractivity contribution in [2.24, 2.45) is 5.73 Å². The maximum Gasteiger partial charge on any atom is 0.326 e. The highest BCUT2D eigenvalue weighted by Crippen LogP contribution is 1.94. The predicted molar refractivity (Wildman–Crippen MR) is 38.9 cm³/mol. The maximum absolute atomic E-state index is 10.3. The lowest BCUT2D eigenvalue weighted by atomic mass is 10.1. The predicted octanol–water partition coefficient (Wildman–Crippen LogP) is -1.08. The standard InChI is InChI=1S/C6H12N2O3/c7-3-1-2-5(6(10)11)8-4-9/h4-5H,1-3,7H2,(H,8,9)(H,10,11). The second kappa shape index (κ2) is 5.67. The van der Waals surface area contributed by atoms with Crippen molar-refractivity contribution in [1.29, 1.82) is 0 Å². The van der Waals surface area contributed by atoms with Crippen LogP contribution in [-0.4, -0.2) is 30.1 Å². The second-order valence-electron chi connectivity index (χ2n) is 2.11. The van der Waals surface area contributed by atoms with Crippen molar-refractivity contribution in [3.05, 3.63) is 0 Å². The minimum atomic E-state index is -1.02. The number of aliphatic carboxylic acids is 1. The van der Waals surface area contributed by atoms with Gasteiger partial charge in [-0.2, -0.15) is 0 Å². The number of nitrogens with two attached hydrogens (primary N) is 1. The van der Waals surface area contributed by atoms with Crippen molar-refractivity contribution in [3.63, 3.8) is 0 Å². The Morgan fingerprint density at radius 2 is 2.36 bits per heavy atom. The van der Waals surface area contributed by atoms with E-state index in [9.17, 15) is 9.59 Å². The zero-order valence-corrected chi connectivity index (χ0v) is 6.12. The zero-order chi connectivity index (χ0) is 8.69. The first-order chi connectivity index (χ1) is 5.22. The normalized spacial score (nSPS) is 12.1. The molecule has 0 aliphatic rings. The van der Waals surface area contributed by atoms with E-state index in [0.29, 0.717) is 25.8 Å². The van der Waals surface area contributed by atoms with Gasteiger partial charge in [-0.25, -0.2) is 4.79 Å². The molecular weight excluding hydrogens is 148 g/mol. The van der Waals surface area contributed by atoms with Gasteiger partial charge in [0.2, 0.25) is 6.41 Å². The third-order valence-corrected chi connectivity index (χ3v) is 1.26. The van der Waals surface area contributed by atoms with Gasteiger partial charge in [-0.05, 0) is 19.4 Å². The van der Waals surface area contributed by atoms with Crippen LogP contribution in [0.5, 0.6) is 0 Å². The van der Waals surface area contributed by atoms with Gasteiger partial charge in [-0.1, -0.05) is 0 Å². The molecule has 0 fully saturated rings. The lowest BCUT2D eigenvalue weighted by Crippen LogP contribution is -2.35. The molecule has 1 atom stereocenters. The van der Waals surface area contributed by atoms with Crippen LogP contribution >= 0.6 is 0 Å². The molecule has 0 saturated carbocycles. The molecule has 1 unspecified atom stereocenters. The second-order valence-corrected chi connectivity index (χ2v) is 2.11. The quantitative estimate of drug-likeness (QED) is 0.431. The molecule has 0 bridgehead atoms. The maximum atomic E-state index is 10.3. The molecule has 0 rings (SSSR count). The number of hydrogen-bond donors (Lipinski definition) is 3. The molecule has 1 amide bonds. The molecule has 5 nitrogen and oxygen atoms in total. The Bertz CT molecular complexity index is 138. The number of nitrogens with one attached hydrogen (secondary N) is 1. The first-order valence-corrected chi connectivity index (χ1v) is 3.35. The van der Waals surface area contributed by atoms with E-state index in [1.165, 1.54) is 0 Å². The van der Waals surface area contributed by atoms with Gasteiger partial charge in [0.1, 0.15) is 6.04 Å². The highest BCUT2D eigenvalue weighted by molar-refractivity contribution is 5.76. The van der Waals surface area contributed by atoms with Crippen molar-refractivity contribution >= 4 is 12.4 Å². The van der Waals surface area contributed by atoms with Crippen LogP contribution in [0.4, 0.5) is 0 Å². The van der Waals surface area contributed by atoms with Crippen LogP contribution in [0.3, 0.4) is 0 Å². The summed E-state index contributed by atoms with van der Waals surface area (Å²) < 4.78 is 0. The molecule has 0 aromatic carbocycles. The van der Waals surface area contributed by atoms with Crippen molar-refractivity contribution in [2.75, 3.05) is 6.54 Å². The third kappa shape index (κ3) is 4.32. The van der Waals surface area contributed by atoms with Crippen LogP contribution < -0.4 is 11.1 Å². The molecule has 11 heavy (non-hydrogen) atoms. The molecular formula is C6H12N2O3. The molecule has 0 aromatic heterocycles. The Kier molecular flexibility index (Phi) is 5.10. The summed E-state index contributed by atoms with van der Waals surface area (Å²) in [4.78, 5) is 20.2. The van der Waals surface area contributed by atoms with E-state index in [4.69, 9.17) is 10.8 Å². The molecule has 5 heteroatoms. The average molecular weight is 160 g/mol. The van der Waals surface area contributed by atoms with E-state index in [0.717, 1.165) is 0 Å². The summed E-state index contributed by atoms with van der Waals surface area (Å²) in [5, 5.41) is 10.6. The number of carbonyl (C=O) groups excluding carboxylic acids is 1. The monoisotopic (exact) mass is 160 g/mol. The fourth-order valence-electron chi connectivity index (χ4n) is 0.682. The van der Waals surface area contributed by atoms with Crippen molar-refractivity contribution in [2.45, 2.75) is 18.9 Å². The number of amides is 1. The Morgan fingerprint density at radius 3 is 2.73 bits per heavy atom. The summed E-state index contributed by atoms with van der Waals surface area (Å²) in [7, 11) is 0. The fourth-order valence-corrected chi connectivity index (χ4v) is 0.682. The first kappa shape index (κ1) is 9.90. The van der Waals surface area contributed by atoms with Crippen LogP contribution in [0.1, 0.15) is 12.8 Å². The van der Waals surface area contributed by atoms with E-state index in [2.05, 4.69) is 5.32 Å². The third-order valence-electron chi connectivity index (χ3n) is 1.26. The van der Waals surface area contributed by atoms with Gasteiger partial charge >= 0.3 is 5.97 Å². The van der Waals surface area contributed by atoms with Gasteiger partial charge in [-0.15, -0.1) is 0 Å². The first-order valence-electron chi connectivity index (χ1n) is 3.35. The highest BCUT2D eigenvalue weighted by Gasteiger charge is 2.14.